The molecule has 1 heterocycles. The summed E-state index contributed by atoms with van der Waals surface area (Å²) in [6.07, 6.45) is 4.18. The third-order valence-corrected chi connectivity index (χ3v) is 6.59. The highest BCUT2D eigenvalue weighted by atomic mass is 16.5. The molecule has 0 bridgehead atoms. The molecule has 0 aliphatic carbocycles. The van der Waals surface area contributed by atoms with Crippen LogP contribution in [0.4, 0.5) is 0 Å². The van der Waals surface area contributed by atoms with Gasteiger partial charge in [0.1, 0.15) is 0 Å². The van der Waals surface area contributed by atoms with Gasteiger partial charge in [0.15, 0.2) is 11.5 Å². The Balaban J connectivity index is 1.65. The molecule has 1 amide bonds. The highest BCUT2D eigenvalue weighted by Crippen LogP contribution is 2.34. The van der Waals surface area contributed by atoms with Crippen molar-refractivity contribution in [1.29, 1.82) is 0 Å². The maximum absolute atomic E-state index is 12.2. The van der Waals surface area contributed by atoms with Crippen LogP contribution in [-0.4, -0.2) is 38.1 Å². The number of hydrogen-bond acceptors (Lipinski definition) is 4. The highest BCUT2D eigenvalue weighted by Gasteiger charge is 2.25. The maximum Gasteiger partial charge on any atom is 0.219 e. The summed E-state index contributed by atoms with van der Waals surface area (Å²) in [5, 5.41) is 3.33. The predicted molar refractivity (Wildman–Crippen MR) is 129 cm³/mol. The van der Waals surface area contributed by atoms with Gasteiger partial charge in [-0.1, -0.05) is 30.3 Å². The number of rotatable bonds is 10. The van der Waals surface area contributed by atoms with E-state index in [1.54, 1.807) is 14.2 Å². The SMILES string of the molecule is COc1cc(C)c(CC(CC(=O)N=[N+]=[N-])CC2CCN(Cc3ccccc3)CC2)cc1OC. The summed E-state index contributed by atoms with van der Waals surface area (Å²) in [5.41, 5.74) is 12.3. The van der Waals surface area contributed by atoms with Crippen LogP contribution in [0.15, 0.2) is 47.6 Å². The molecule has 0 N–H and O–H groups in total. The lowest BCUT2D eigenvalue weighted by molar-refractivity contribution is -0.119. The van der Waals surface area contributed by atoms with Crippen molar-refractivity contribution < 1.29 is 14.3 Å². The molecular weight excluding hydrogens is 416 g/mol. The zero-order valence-corrected chi connectivity index (χ0v) is 19.9. The van der Waals surface area contributed by atoms with Gasteiger partial charge in [-0.25, -0.2) is 0 Å². The summed E-state index contributed by atoms with van der Waals surface area (Å²) in [6.45, 7) is 5.15. The van der Waals surface area contributed by atoms with Crippen molar-refractivity contribution in [2.24, 2.45) is 17.0 Å². The molecule has 0 saturated carbocycles. The summed E-state index contributed by atoms with van der Waals surface area (Å²) in [7, 11) is 3.26. The Hall–Kier alpha value is -3.02. The largest absolute Gasteiger partial charge is 0.493 e. The Morgan fingerprint density at radius 2 is 1.82 bits per heavy atom. The number of hydrogen-bond donors (Lipinski definition) is 0. The van der Waals surface area contributed by atoms with Crippen molar-refractivity contribution in [2.45, 2.75) is 45.6 Å². The van der Waals surface area contributed by atoms with Crippen LogP contribution >= 0.6 is 0 Å². The molecule has 2 aromatic rings. The number of methoxy groups -OCH3 is 2. The normalized spacial score (nSPS) is 15.5. The summed E-state index contributed by atoms with van der Waals surface area (Å²) in [6, 6.07) is 14.6. The molecule has 1 atom stereocenters. The van der Waals surface area contributed by atoms with Gasteiger partial charge in [-0.2, -0.15) is 0 Å². The number of likely N-dealkylation sites (tertiary alicyclic amines) is 1. The first-order valence-electron chi connectivity index (χ1n) is 11.6. The second-order valence-corrected chi connectivity index (χ2v) is 8.93. The van der Waals surface area contributed by atoms with E-state index in [9.17, 15) is 4.79 Å². The number of ether oxygens (including phenoxy) is 2. The number of piperidine rings is 1. The van der Waals surface area contributed by atoms with Gasteiger partial charge in [-0.3, -0.25) is 9.69 Å². The van der Waals surface area contributed by atoms with E-state index in [0.29, 0.717) is 17.4 Å². The predicted octanol–water partition coefficient (Wildman–Crippen LogP) is 5.70. The fourth-order valence-corrected chi connectivity index (χ4v) is 4.82. The smallest absolute Gasteiger partial charge is 0.219 e. The summed E-state index contributed by atoms with van der Waals surface area (Å²) in [5.74, 6) is 1.67. The minimum atomic E-state index is -0.387. The molecule has 1 saturated heterocycles. The van der Waals surface area contributed by atoms with E-state index in [4.69, 9.17) is 15.0 Å². The van der Waals surface area contributed by atoms with Gasteiger partial charge in [-0.15, -0.1) is 0 Å². The van der Waals surface area contributed by atoms with Gasteiger partial charge in [0.05, 0.1) is 14.2 Å². The minimum absolute atomic E-state index is 0.116. The minimum Gasteiger partial charge on any atom is -0.493 e. The van der Waals surface area contributed by atoms with Crippen LogP contribution in [0.1, 0.15) is 42.4 Å². The Morgan fingerprint density at radius 1 is 1.15 bits per heavy atom. The van der Waals surface area contributed by atoms with Gasteiger partial charge >= 0.3 is 0 Å². The van der Waals surface area contributed by atoms with E-state index in [1.807, 2.05) is 25.1 Å². The average Bonchev–Trinajstić information content (AvgIpc) is 2.82. The fourth-order valence-electron chi connectivity index (χ4n) is 4.82. The first-order chi connectivity index (χ1) is 16.0. The summed E-state index contributed by atoms with van der Waals surface area (Å²) in [4.78, 5) is 17.4. The molecule has 3 rings (SSSR count). The Bertz CT molecular complexity index is 965. The fraction of sp³-hybridized carbons (Fsp3) is 0.500. The first kappa shape index (κ1) is 24.6. The van der Waals surface area contributed by atoms with Crippen molar-refractivity contribution in [1.82, 2.24) is 4.90 Å². The van der Waals surface area contributed by atoms with Crippen molar-refractivity contribution in [3.63, 3.8) is 0 Å². The number of amides is 1. The van der Waals surface area contributed by atoms with Crippen LogP contribution in [0.2, 0.25) is 0 Å². The number of nitrogens with zero attached hydrogens (tertiary/aromatic N) is 4. The molecule has 0 radical (unpaired) electrons. The van der Waals surface area contributed by atoms with Crippen LogP contribution < -0.4 is 9.47 Å². The van der Waals surface area contributed by atoms with Crippen LogP contribution in [0.5, 0.6) is 11.5 Å². The summed E-state index contributed by atoms with van der Waals surface area (Å²) < 4.78 is 10.9. The zero-order chi connectivity index (χ0) is 23.6. The molecule has 2 aromatic carbocycles. The molecule has 33 heavy (non-hydrogen) atoms. The Labute approximate surface area is 196 Å². The van der Waals surface area contributed by atoms with Crippen LogP contribution in [0.3, 0.4) is 0 Å². The molecule has 0 spiro atoms. The number of carbonyl (C=O) groups is 1. The average molecular weight is 451 g/mol. The van der Waals surface area contributed by atoms with Crippen molar-refractivity contribution in [3.8, 4) is 11.5 Å². The van der Waals surface area contributed by atoms with Crippen LogP contribution in [-0.2, 0) is 17.8 Å². The second kappa shape index (κ2) is 12.3. The van der Waals surface area contributed by atoms with Gasteiger partial charge in [0.2, 0.25) is 5.91 Å². The molecule has 1 unspecified atom stereocenters. The van der Waals surface area contributed by atoms with E-state index < -0.39 is 0 Å². The maximum atomic E-state index is 12.2. The zero-order valence-electron chi connectivity index (χ0n) is 19.9. The third-order valence-electron chi connectivity index (χ3n) is 6.59. The molecule has 176 valence electrons. The van der Waals surface area contributed by atoms with E-state index in [1.165, 1.54) is 5.56 Å². The van der Waals surface area contributed by atoms with Crippen molar-refractivity contribution >= 4 is 5.91 Å². The monoisotopic (exact) mass is 450 g/mol. The third kappa shape index (κ3) is 7.24. The van der Waals surface area contributed by atoms with E-state index in [0.717, 1.165) is 56.4 Å². The number of carbonyl (C=O) groups excluding carboxylic acids is 1. The quantitative estimate of drug-likeness (QED) is 0.264. The second-order valence-electron chi connectivity index (χ2n) is 8.93. The molecule has 1 aliphatic heterocycles. The number of azide groups is 1. The van der Waals surface area contributed by atoms with Gasteiger partial charge < -0.3 is 9.47 Å². The lowest BCUT2D eigenvalue weighted by Crippen LogP contribution is -2.34. The number of benzene rings is 2. The van der Waals surface area contributed by atoms with Gasteiger partial charge in [0, 0.05) is 17.9 Å². The van der Waals surface area contributed by atoms with Crippen LogP contribution in [0, 0.1) is 18.8 Å². The Kier molecular flexibility index (Phi) is 9.16. The van der Waals surface area contributed by atoms with E-state index >= 15 is 0 Å². The summed E-state index contributed by atoms with van der Waals surface area (Å²) >= 11 is 0. The molecule has 7 heteroatoms. The first-order valence-corrected chi connectivity index (χ1v) is 11.6. The Morgan fingerprint density at radius 3 is 2.45 bits per heavy atom. The molecular formula is C26H34N4O3. The molecule has 0 aromatic heterocycles. The van der Waals surface area contributed by atoms with Gasteiger partial charge in [-0.05, 0) is 97.0 Å². The van der Waals surface area contributed by atoms with Crippen LogP contribution in [0.25, 0.3) is 10.4 Å². The lowest BCUT2D eigenvalue weighted by Gasteiger charge is -2.33. The van der Waals surface area contributed by atoms with Gasteiger partial charge in [0.25, 0.3) is 0 Å². The van der Waals surface area contributed by atoms with E-state index in [2.05, 4.69) is 39.2 Å². The lowest BCUT2D eigenvalue weighted by atomic mass is 9.82. The molecule has 1 aliphatic rings. The van der Waals surface area contributed by atoms with E-state index in [-0.39, 0.29) is 18.2 Å². The number of aryl methyl sites for hydroxylation is 1. The topological polar surface area (TPSA) is 87.5 Å². The standard InChI is InChI=1S/C26H34N4O3/c1-19-13-24(32-2)25(33-3)17-23(19)15-22(16-26(31)28-29-27)14-20-9-11-30(12-10-20)18-21-7-5-4-6-8-21/h4-8,13,17,20,22H,9-12,14-16,18H2,1-3H3. The molecule has 7 nitrogen and oxygen atoms in total. The highest BCUT2D eigenvalue weighted by molar-refractivity contribution is 5.77. The van der Waals surface area contributed by atoms with Crippen molar-refractivity contribution in [2.75, 3.05) is 27.3 Å². The molecule has 1 fully saturated rings. The van der Waals surface area contributed by atoms with Crippen molar-refractivity contribution in [3.05, 3.63) is 69.6 Å².